The second-order valence-corrected chi connectivity index (χ2v) is 4.65. The summed E-state index contributed by atoms with van der Waals surface area (Å²) >= 11 is 0. The summed E-state index contributed by atoms with van der Waals surface area (Å²) in [7, 11) is 0. The number of hydrogen-bond donors (Lipinski definition) is 0. The topological polar surface area (TPSA) is 55.8 Å². The van der Waals surface area contributed by atoms with Gasteiger partial charge in [-0.05, 0) is 13.3 Å². The standard InChI is InChI=1S/C11H14F3NO4/c1-2-18-9(17)10-4-3-8(16)15(10)6-7(5-10)19-11(12,13)14/h7H,2-6H2,1H3/t7-,10-/m1/s1. The van der Waals surface area contributed by atoms with Crippen LogP contribution in [0.5, 0.6) is 0 Å². The van der Waals surface area contributed by atoms with Gasteiger partial charge in [-0.3, -0.25) is 9.53 Å². The number of halogens is 3. The molecule has 2 atom stereocenters. The minimum absolute atomic E-state index is 0.118. The number of ether oxygens (including phenoxy) is 2. The van der Waals surface area contributed by atoms with Gasteiger partial charge in [0, 0.05) is 19.4 Å². The first-order valence-corrected chi connectivity index (χ1v) is 6.01. The van der Waals surface area contributed by atoms with E-state index in [0.29, 0.717) is 0 Å². The molecule has 0 bridgehead atoms. The lowest BCUT2D eigenvalue weighted by atomic mass is 9.93. The summed E-state index contributed by atoms with van der Waals surface area (Å²) in [6.45, 7) is 1.50. The van der Waals surface area contributed by atoms with Gasteiger partial charge in [0.05, 0.1) is 12.7 Å². The molecule has 2 heterocycles. The summed E-state index contributed by atoms with van der Waals surface area (Å²) in [5.74, 6) is -0.976. The zero-order valence-corrected chi connectivity index (χ0v) is 10.3. The molecule has 0 saturated carbocycles. The molecule has 2 aliphatic rings. The number of amides is 1. The van der Waals surface area contributed by atoms with Gasteiger partial charge in [-0.25, -0.2) is 4.79 Å². The Morgan fingerprint density at radius 2 is 2.21 bits per heavy atom. The molecule has 0 aromatic carbocycles. The van der Waals surface area contributed by atoms with Crippen LogP contribution in [0, 0.1) is 0 Å². The maximum absolute atomic E-state index is 12.2. The average Bonchev–Trinajstić information content (AvgIpc) is 2.76. The Bertz CT molecular complexity index is 398. The van der Waals surface area contributed by atoms with Crippen LogP contribution in [0.1, 0.15) is 26.2 Å². The van der Waals surface area contributed by atoms with E-state index in [1.54, 1.807) is 6.92 Å². The summed E-state index contributed by atoms with van der Waals surface area (Å²) in [6.07, 6.45) is -5.82. The third kappa shape index (κ3) is 2.54. The van der Waals surface area contributed by atoms with Crippen molar-refractivity contribution in [2.24, 2.45) is 0 Å². The van der Waals surface area contributed by atoms with Crippen molar-refractivity contribution >= 4 is 11.9 Å². The zero-order valence-electron chi connectivity index (χ0n) is 10.3. The first-order valence-electron chi connectivity index (χ1n) is 6.01. The second-order valence-electron chi connectivity index (χ2n) is 4.65. The molecular weight excluding hydrogens is 267 g/mol. The van der Waals surface area contributed by atoms with Gasteiger partial charge in [-0.1, -0.05) is 0 Å². The van der Waals surface area contributed by atoms with E-state index < -0.39 is 24.0 Å². The molecule has 2 saturated heterocycles. The molecule has 0 radical (unpaired) electrons. The highest BCUT2D eigenvalue weighted by Gasteiger charge is 2.59. The van der Waals surface area contributed by atoms with Crippen LogP contribution < -0.4 is 0 Å². The van der Waals surface area contributed by atoms with Crippen molar-refractivity contribution in [2.75, 3.05) is 13.2 Å². The minimum atomic E-state index is -4.77. The lowest BCUT2D eigenvalue weighted by Crippen LogP contribution is -2.48. The molecule has 0 spiro atoms. The minimum Gasteiger partial charge on any atom is -0.464 e. The predicted molar refractivity (Wildman–Crippen MR) is 55.9 cm³/mol. The number of alkyl halides is 3. The Hall–Kier alpha value is -1.31. The maximum Gasteiger partial charge on any atom is 0.522 e. The number of carbonyl (C=O) groups is 2. The fourth-order valence-corrected chi connectivity index (χ4v) is 2.78. The lowest BCUT2D eigenvalue weighted by molar-refractivity contribution is -0.340. The molecule has 2 aliphatic heterocycles. The highest BCUT2D eigenvalue weighted by molar-refractivity contribution is 5.92. The van der Waals surface area contributed by atoms with Gasteiger partial charge in [0.1, 0.15) is 5.54 Å². The number of nitrogens with zero attached hydrogens (tertiary/aromatic N) is 1. The molecule has 8 heteroatoms. The van der Waals surface area contributed by atoms with E-state index in [4.69, 9.17) is 4.74 Å². The average molecular weight is 281 g/mol. The predicted octanol–water partition coefficient (Wildman–Crippen LogP) is 1.22. The lowest BCUT2D eigenvalue weighted by Gasteiger charge is -2.28. The summed E-state index contributed by atoms with van der Waals surface area (Å²) in [5.41, 5.74) is -1.27. The molecule has 2 fully saturated rings. The Kier molecular flexibility index (Phi) is 3.46. The molecule has 19 heavy (non-hydrogen) atoms. The van der Waals surface area contributed by atoms with Gasteiger partial charge in [0.2, 0.25) is 5.91 Å². The molecule has 0 N–H and O–H groups in total. The van der Waals surface area contributed by atoms with Gasteiger partial charge < -0.3 is 9.64 Å². The fraction of sp³-hybridized carbons (Fsp3) is 0.818. The molecular formula is C11H14F3NO4. The first-order chi connectivity index (χ1) is 8.78. The monoisotopic (exact) mass is 281 g/mol. The van der Waals surface area contributed by atoms with E-state index in [1.807, 2.05) is 0 Å². The number of esters is 1. The highest BCUT2D eigenvalue weighted by atomic mass is 19.4. The summed E-state index contributed by atoms with van der Waals surface area (Å²) in [4.78, 5) is 24.8. The molecule has 0 aromatic heterocycles. The van der Waals surface area contributed by atoms with Crippen LogP contribution in [0.3, 0.4) is 0 Å². The van der Waals surface area contributed by atoms with Crippen molar-refractivity contribution in [3.05, 3.63) is 0 Å². The molecule has 0 aliphatic carbocycles. The van der Waals surface area contributed by atoms with E-state index >= 15 is 0 Å². The van der Waals surface area contributed by atoms with E-state index in [9.17, 15) is 22.8 Å². The summed E-state index contributed by atoms with van der Waals surface area (Å²) in [6, 6.07) is 0. The van der Waals surface area contributed by atoms with Crippen LogP contribution in [-0.4, -0.2) is 47.9 Å². The van der Waals surface area contributed by atoms with Gasteiger partial charge >= 0.3 is 12.3 Å². The van der Waals surface area contributed by atoms with Gasteiger partial charge in [0.25, 0.3) is 0 Å². The largest absolute Gasteiger partial charge is 0.522 e. The smallest absolute Gasteiger partial charge is 0.464 e. The van der Waals surface area contributed by atoms with Gasteiger partial charge in [-0.15, -0.1) is 13.2 Å². The van der Waals surface area contributed by atoms with Crippen molar-refractivity contribution in [1.82, 2.24) is 4.90 Å². The Morgan fingerprint density at radius 3 is 2.79 bits per heavy atom. The Labute approximate surface area is 107 Å². The Morgan fingerprint density at radius 1 is 1.53 bits per heavy atom. The first kappa shape index (κ1) is 14.1. The van der Waals surface area contributed by atoms with Crippen molar-refractivity contribution < 1.29 is 32.2 Å². The molecule has 2 rings (SSSR count). The number of rotatable bonds is 3. The van der Waals surface area contributed by atoms with Crippen LogP contribution in [0.4, 0.5) is 13.2 Å². The van der Waals surface area contributed by atoms with Crippen LogP contribution in [-0.2, 0) is 19.1 Å². The molecule has 1 amide bonds. The molecule has 5 nitrogen and oxygen atoms in total. The van der Waals surface area contributed by atoms with Crippen LogP contribution in [0.2, 0.25) is 0 Å². The van der Waals surface area contributed by atoms with E-state index in [0.717, 1.165) is 0 Å². The van der Waals surface area contributed by atoms with Crippen molar-refractivity contribution in [3.8, 4) is 0 Å². The van der Waals surface area contributed by atoms with Crippen LogP contribution >= 0.6 is 0 Å². The maximum atomic E-state index is 12.2. The van der Waals surface area contributed by atoms with Gasteiger partial charge in [-0.2, -0.15) is 0 Å². The van der Waals surface area contributed by atoms with Crippen LogP contribution in [0.15, 0.2) is 0 Å². The van der Waals surface area contributed by atoms with Crippen molar-refractivity contribution in [3.63, 3.8) is 0 Å². The summed E-state index contributed by atoms with van der Waals surface area (Å²) < 4.78 is 45.5. The highest BCUT2D eigenvalue weighted by Crippen LogP contribution is 2.42. The molecule has 0 aromatic rings. The fourth-order valence-electron chi connectivity index (χ4n) is 2.78. The molecule has 0 unspecified atom stereocenters. The quantitative estimate of drug-likeness (QED) is 0.730. The number of hydrogen-bond acceptors (Lipinski definition) is 4. The summed E-state index contributed by atoms with van der Waals surface area (Å²) in [5, 5.41) is 0. The molecule has 108 valence electrons. The van der Waals surface area contributed by atoms with Gasteiger partial charge in [0.15, 0.2) is 0 Å². The second kappa shape index (κ2) is 4.66. The third-order valence-corrected chi connectivity index (χ3v) is 3.48. The number of fused-ring (bicyclic) bond motifs is 1. The Balaban J connectivity index is 2.16. The SMILES string of the molecule is CCOC(=O)[C@]12CCC(=O)N1C[C@H](OC(F)(F)F)C2. The van der Waals surface area contributed by atoms with E-state index in [2.05, 4.69) is 4.74 Å². The van der Waals surface area contributed by atoms with Crippen LogP contribution in [0.25, 0.3) is 0 Å². The third-order valence-electron chi connectivity index (χ3n) is 3.48. The van der Waals surface area contributed by atoms with Crippen molar-refractivity contribution in [2.45, 2.75) is 44.2 Å². The van der Waals surface area contributed by atoms with E-state index in [-0.39, 0.29) is 38.3 Å². The normalized spacial score (nSPS) is 30.6. The zero-order chi connectivity index (χ0) is 14.3. The van der Waals surface area contributed by atoms with Crippen molar-refractivity contribution in [1.29, 1.82) is 0 Å². The van der Waals surface area contributed by atoms with E-state index in [1.165, 1.54) is 4.90 Å². The number of carbonyl (C=O) groups excluding carboxylic acids is 2.